The molecule has 0 N–H and O–H groups in total. The van der Waals surface area contributed by atoms with Crippen LogP contribution in [0.3, 0.4) is 0 Å². The SMILES string of the molecule is O=Cc1ccccc1-c1cnc(C(F)F)s1. The summed E-state index contributed by atoms with van der Waals surface area (Å²) in [6.07, 6.45) is -0.492. The van der Waals surface area contributed by atoms with Gasteiger partial charge in [-0.05, 0) is 0 Å². The molecule has 0 atom stereocenters. The first-order valence-electron chi connectivity index (χ1n) is 4.51. The molecular formula is C11H7F2NOS. The first kappa shape index (κ1) is 10.9. The molecule has 1 aromatic heterocycles. The maximum Gasteiger partial charge on any atom is 0.289 e. The highest BCUT2D eigenvalue weighted by atomic mass is 32.1. The summed E-state index contributed by atoms with van der Waals surface area (Å²) in [5.41, 5.74) is 1.12. The summed E-state index contributed by atoms with van der Waals surface area (Å²) in [6, 6.07) is 6.84. The largest absolute Gasteiger partial charge is 0.298 e. The van der Waals surface area contributed by atoms with Gasteiger partial charge in [-0.3, -0.25) is 4.79 Å². The van der Waals surface area contributed by atoms with Crippen LogP contribution in [0.5, 0.6) is 0 Å². The number of hydrogen-bond donors (Lipinski definition) is 0. The zero-order valence-electron chi connectivity index (χ0n) is 8.06. The molecule has 0 aliphatic rings. The Morgan fingerprint density at radius 1 is 1.31 bits per heavy atom. The molecule has 2 rings (SSSR count). The van der Waals surface area contributed by atoms with E-state index in [1.54, 1.807) is 24.3 Å². The molecule has 2 nitrogen and oxygen atoms in total. The number of alkyl halides is 2. The highest BCUT2D eigenvalue weighted by Gasteiger charge is 2.14. The van der Waals surface area contributed by atoms with E-state index in [1.165, 1.54) is 6.20 Å². The van der Waals surface area contributed by atoms with E-state index in [0.717, 1.165) is 11.3 Å². The highest BCUT2D eigenvalue weighted by molar-refractivity contribution is 7.15. The lowest BCUT2D eigenvalue weighted by Crippen LogP contribution is -1.83. The molecule has 0 amide bonds. The number of carbonyl (C=O) groups excluding carboxylic acids is 1. The molecule has 0 radical (unpaired) electrons. The lowest BCUT2D eigenvalue weighted by atomic mass is 10.1. The summed E-state index contributed by atoms with van der Waals surface area (Å²) in [6.45, 7) is 0. The molecule has 5 heteroatoms. The van der Waals surface area contributed by atoms with E-state index >= 15 is 0 Å². The van der Waals surface area contributed by atoms with Gasteiger partial charge in [0.1, 0.15) is 0 Å². The van der Waals surface area contributed by atoms with Crippen LogP contribution in [-0.2, 0) is 0 Å². The molecule has 0 aliphatic carbocycles. The Morgan fingerprint density at radius 3 is 2.69 bits per heavy atom. The predicted molar refractivity (Wildman–Crippen MR) is 57.9 cm³/mol. The van der Waals surface area contributed by atoms with E-state index in [4.69, 9.17) is 0 Å². The van der Waals surface area contributed by atoms with Crippen molar-refractivity contribution in [2.45, 2.75) is 6.43 Å². The Morgan fingerprint density at radius 2 is 2.06 bits per heavy atom. The molecule has 16 heavy (non-hydrogen) atoms. The molecule has 0 aliphatic heterocycles. The minimum absolute atomic E-state index is 0.226. The van der Waals surface area contributed by atoms with Crippen LogP contribution in [0.4, 0.5) is 8.78 Å². The summed E-state index contributed by atoms with van der Waals surface area (Å²) < 4.78 is 24.7. The van der Waals surface area contributed by atoms with Gasteiger partial charge < -0.3 is 0 Å². The molecule has 2 aromatic rings. The summed E-state index contributed by atoms with van der Waals surface area (Å²) >= 11 is 0.904. The van der Waals surface area contributed by atoms with Crippen molar-refractivity contribution in [3.8, 4) is 10.4 Å². The molecule has 0 fully saturated rings. The van der Waals surface area contributed by atoms with Crippen molar-refractivity contribution in [3.63, 3.8) is 0 Å². The van der Waals surface area contributed by atoms with E-state index in [-0.39, 0.29) is 5.01 Å². The summed E-state index contributed by atoms with van der Waals surface area (Å²) in [4.78, 5) is 15.0. The van der Waals surface area contributed by atoms with Crippen molar-refractivity contribution in [1.29, 1.82) is 0 Å². The molecular weight excluding hydrogens is 232 g/mol. The summed E-state index contributed by atoms with van der Waals surface area (Å²) in [5.74, 6) is 0. The monoisotopic (exact) mass is 239 g/mol. The first-order chi connectivity index (χ1) is 7.72. The number of halogens is 2. The number of hydrogen-bond acceptors (Lipinski definition) is 3. The second-order valence-electron chi connectivity index (χ2n) is 3.07. The maximum atomic E-state index is 12.4. The normalized spacial score (nSPS) is 10.7. The topological polar surface area (TPSA) is 30.0 Å². The zero-order chi connectivity index (χ0) is 11.5. The molecule has 1 aromatic carbocycles. The Kier molecular flexibility index (Phi) is 3.05. The number of aromatic nitrogens is 1. The predicted octanol–water partition coefficient (Wildman–Crippen LogP) is 3.56. The Balaban J connectivity index is 2.46. The van der Waals surface area contributed by atoms with Crippen LogP contribution < -0.4 is 0 Å². The standard InChI is InChI=1S/C11H7F2NOS/c12-10(13)11-14-5-9(16-11)8-4-2-1-3-7(8)6-15/h1-6,10H. The van der Waals surface area contributed by atoms with Crippen molar-refractivity contribution in [2.75, 3.05) is 0 Å². The van der Waals surface area contributed by atoms with Crippen LogP contribution in [0, 0.1) is 0 Å². The fourth-order valence-electron chi connectivity index (χ4n) is 1.34. The molecule has 0 spiro atoms. The Bertz CT molecular complexity index is 510. The number of benzene rings is 1. The van der Waals surface area contributed by atoms with Crippen molar-refractivity contribution >= 4 is 17.6 Å². The van der Waals surface area contributed by atoms with Crippen LogP contribution in [0.15, 0.2) is 30.5 Å². The van der Waals surface area contributed by atoms with Crippen LogP contribution in [-0.4, -0.2) is 11.3 Å². The molecule has 0 saturated carbocycles. The third-order valence-electron chi connectivity index (χ3n) is 2.06. The van der Waals surface area contributed by atoms with Crippen molar-refractivity contribution in [2.24, 2.45) is 0 Å². The van der Waals surface area contributed by atoms with Gasteiger partial charge in [-0.1, -0.05) is 24.3 Å². The average molecular weight is 239 g/mol. The van der Waals surface area contributed by atoms with Crippen molar-refractivity contribution in [3.05, 3.63) is 41.0 Å². The van der Waals surface area contributed by atoms with Crippen LogP contribution in [0.1, 0.15) is 21.8 Å². The Labute approximate surface area is 94.6 Å². The summed E-state index contributed by atoms with van der Waals surface area (Å²) in [7, 11) is 0. The van der Waals surface area contributed by atoms with Gasteiger partial charge >= 0.3 is 0 Å². The van der Waals surface area contributed by atoms with Gasteiger partial charge in [0.15, 0.2) is 11.3 Å². The van der Waals surface area contributed by atoms with E-state index < -0.39 is 6.43 Å². The summed E-state index contributed by atoms with van der Waals surface area (Å²) in [5, 5.41) is -0.226. The Hall–Kier alpha value is -1.62. The molecule has 0 unspecified atom stereocenters. The average Bonchev–Trinajstić information content (AvgIpc) is 2.78. The second-order valence-corrected chi connectivity index (χ2v) is 4.13. The van der Waals surface area contributed by atoms with E-state index in [1.807, 2.05) is 0 Å². The van der Waals surface area contributed by atoms with Gasteiger partial charge in [0.2, 0.25) is 0 Å². The van der Waals surface area contributed by atoms with Crippen LogP contribution >= 0.6 is 11.3 Å². The highest BCUT2D eigenvalue weighted by Crippen LogP contribution is 2.32. The molecule has 1 heterocycles. The molecule has 0 saturated heterocycles. The van der Waals surface area contributed by atoms with E-state index in [0.29, 0.717) is 22.3 Å². The minimum atomic E-state index is -2.57. The zero-order valence-corrected chi connectivity index (χ0v) is 8.88. The van der Waals surface area contributed by atoms with Gasteiger partial charge in [-0.2, -0.15) is 0 Å². The third-order valence-corrected chi connectivity index (χ3v) is 3.10. The quantitative estimate of drug-likeness (QED) is 0.766. The number of carbonyl (C=O) groups is 1. The fraction of sp³-hybridized carbons (Fsp3) is 0.0909. The van der Waals surface area contributed by atoms with Gasteiger partial charge in [-0.25, -0.2) is 13.8 Å². The molecule has 0 bridgehead atoms. The fourth-order valence-corrected chi connectivity index (χ4v) is 2.16. The second kappa shape index (κ2) is 4.49. The van der Waals surface area contributed by atoms with Crippen LogP contribution in [0.25, 0.3) is 10.4 Å². The van der Waals surface area contributed by atoms with Crippen molar-refractivity contribution < 1.29 is 13.6 Å². The third kappa shape index (κ3) is 1.99. The van der Waals surface area contributed by atoms with Gasteiger partial charge in [0, 0.05) is 17.3 Å². The number of rotatable bonds is 3. The van der Waals surface area contributed by atoms with Gasteiger partial charge in [0.25, 0.3) is 6.43 Å². The van der Waals surface area contributed by atoms with E-state index in [9.17, 15) is 13.6 Å². The minimum Gasteiger partial charge on any atom is -0.298 e. The smallest absolute Gasteiger partial charge is 0.289 e. The van der Waals surface area contributed by atoms with Crippen LogP contribution in [0.2, 0.25) is 0 Å². The number of thiazole rings is 1. The van der Waals surface area contributed by atoms with E-state index in [2.05, 4.69) is 4.98 Å². The lowest BCUT2D eigenvalue weighted by Gasteiger charge is -1.99. The van der Waals surface area contributed by atoms with Gasteiger partial charge in [0.05, 0.1) is 4.88 Å². The number of aldehydes is 1. The lowest BCUT2D eigenvalue weighted by molar-refractivity contribution is 0.112. The van der Waals surface area contributed by atoms with Crippen molar-refractivity contribution in [1.82, 2.24) is 4.98 Å². The molecule has 82 valence electrons. The van der Waals surface area contributed by atoms with Gasteiger partial charge in [-0.15, -0.1) is 11.3 Å². The first-order valence-corrected chi connectivity index (χ1v) is 5.32. The number of nitrogens with zero attached hydrogens (tertiary/aromatic N) is 1. The maximum absolute atomic E-state index is 12.4.